The van der Waals surface area contributed by atoms with E-state index in [9.17, 15) is 14.4 Å². The summed E-state index contributed by atoms with van der Waals surface area (Å²) in [6, 6.07) is 4.70. The van der Waals surface area contributed by atoms with Crippen LogP contribution in [0.5, 0.6) is 0 Å². The molecule has 118 valence electrons. The van der Waals surface area contributed by atoms with E-state index < -0.39 is 23.2 Å². The van der Waals surface area contributed by atoms with Gasteiger partial charge in [-0.1, -0.05) is 25.4 Å². The van der Waals surface area contributed by atoms with Gasteiger partial charge in [0.05, 0.1) is 22.5 Å². The average Bonchev–Trinajstić information content (AvgIpc) is 2.96. The van der Waals surface area contributed by atoms with E-state index in [0.717, 1.165) is 0 Å². The molecule has 1 aromatic rings. The van der Waals surface area contributed by atoms with E-state index >= 15 is 0 Å². The lowest BCUT2D eigenvalue weighted by Crippen LogP contribution is -2.18. The van der Waals surface area contributed by atoms with Gasteiger partial charge in [0.2, 0.25) is 11.8 Å². The van der Waals surface area contributed by atoms with Crippen molar-refractivity contribution in [2.45, 2.75) is 20.8 Å². The van der Waals surface area contributed by atoms with Crippen LogP contribution in [0.1, 0.15) is 20.8 Å². The van der Waals surface area contributed by atoms with E-state index in [0.29, 0.717) is 16.4 Å². The minimum Gasteiger partial charge on any atom is -0.481 e. The van der Waals surface area contributed by atoms with Gasteiger partial charge in [0.25, 0.3) is 0 Å². The second-order valence-electron chi connectivity index (χ2n) is 5.98. The number of carbonyl (C=O) groups excluding carboxylic acids is 2. The first kappa shape index (κ1) is 16.3. The number of hydrogen-bond donors (Lipinski definition) is 3. The third kappa shape index (κ3) is 3.06. The predicted molar refractivity (Wildman–Crippen MR) is 82.8 cm³/mol. The molecule has 2 rings (SSSR count). The highest BCUT2D eigenvalue weighted by atomic mass is 35.5. The standard InChI is InChI=1S/C15H17ClN2O4/c1-7(19)17-8-4-5-9(16)10(6-8)18-13(20)11-12(14(21)22)15(11,2)3/h4-6,11-12H,1-3H3,(H,17,19)(H,18,20)(H,21,22)/t11-,12+/m0/s1. The van der Waals surface area contributed by atoms with Gasteiger partial charge in [0.1, 0.15) is 0 Å². The molecule has 0 unspecified atom stereocenters. The minimum absolute atomic E-state index is 0.242. The molecule has 0 spiro atoms. The number of anilines is 2. The molecule has 0 saturated heterocycles. The smallest absolute Gasteiger partial charge is 0.307 e. The van der Waals surface area contributed by atoms with Crippen LogP contribution in [0.2, 0.25) is 5.02 Å². The number of carboxylic acid groups (broad SMARTS) is 1. The molecule has 0 radical (unpaired) electrons. The topological polar surface area (TPSA) is 95.5 Å². The zero-order valence-electron chi connectivity index (χ0n) is 12.4. The Hall–Kier alpha value is -2.08. The number of hydrogen-bond acceptors (Lipinski definition) is 3. The van der Waals surface area contributed by atoms with Crippen LogP contribution in [0.4, 0.5) is 11.4 Å². The van der Waals surface area contributed by atoms with Crippen molar-refractivity contribution >= 4 is 40.8 Å². The molecule has 0 aliphatic heterocycles. The Kier molecular flexibility index (Phi) is 4.15. The fourth-order valence-electron chi connectivity index (χ4n) is 2.70. The fraction of sp³-hybridized carbons (Fsp3) is 0.400. The van der Waals surface area contributed by atoms with Gasteiger partial charge in [0, 0.05) is 12.6 Å². The molecular formula is C15H17ClN2O4. The largest absolute Gasteiger partial charge is 0.481 e. The van der Waals surface area contributed by atoms with Crippen LogP contribution in [0.15, 0.2) is 18.2 Å². The predicted octanol–water partition coefficient (Wildman–Crippen LogP) is 2.59. The Morgan fingerprint density at radius 2 is 1.82 bits per heavy atom. The Morgan fingerprint density at radius 3 is 2.32 bits per heavy atom. The Bertz CT molecular complexity index is 657. The number of aliphatic carboxylic acids is 1. The van der Waals surface area contributed by atoms with Crippen LogP contribution >= 0.6 is 11.6 Å². The molecule has 6 nitrogen and oxygen atoms in total. The highest BCUT2D eigenvalue weighted by molar-refractivity contribution is 6.34. The highest BCUT2D eigenvalue weighted by Crippen LogP contribution is 2.58. The van der Waals surface area contributed by atoms with E-state index in [-0.39, 0.29) is 11.8 Å². The maximum absolute atomic E-state index is 12.3. The first-order valence-electron chi connectivity index (χ1n) is 6.75. The van der Waals surface area contributed by atoms with Crippen molar-refractivity contribution in [3.05, 3.63) is 23.2 Å². The van der Waals surface area contributed by atoms with Crippen LogP contribution in [-0.2, 0) is 14.4 Å². The second kappa shape index (κ2) is 5.61. The molecule has 2 amide bonds. The van der Waals surface area contributed by atoms with Crippen molar-refractivity contribution in [3.8, 4) is 0 Å². The summed E-state index contributed by atoms with van der Waals surface area (Å²) in [5.74, 6) is -2.92. The quantitative estimate of drug-likeness (QED) is 0.793. The van der Waals surface area contributed by atoms with Gasteiger partial charge in [0.15, 0.2) is 0 Å². The zero-order chi connectivity index (χ0) is 16.7. The van der Waals surface area contributed by atoms with E-state index in [4.69, 9.17) is 16.7 Å². The minimum atomic E-state index is -0.983. The normalized spacial score (nSPS) is 21.8. The van der Waals surface area contributed by atoms with Gasteiger partial charge in [-0.2, -0.15) is 0 Å². The summed E-state index contributed by atoms with van der Waals surface area (Å²) < 4.78 is 0. The number of carbonyl (C=O) groups is 3. The van der Waals surface area contributed by atoms with Crippen molar-refractivity contribution < 1.29 is 19.5 Å². The molecule has 1 aliphatic rings. The zero-order valence-corrected chi connectivity index (χ0v) is 13.2. The molecule has 1 fully saturated rings. The molecule has 7 heteroatoms. The third-order valence-corrected chi connectivity index (χ3v) is 4.25. The van der Waals surface area contributed by atoms with Gasteiger partial charge in [-0.3, -0.25) is 14.4 Å². The molecule has 1 saturated carbocycles. The van der Waals surface area contributed by atoms with Crippen molar-refractivity contribution in [1.82, 2.24) is 0 Å². The Labute approximate surface area is 132 Å². The van der Waals surface area contributed by atoms with Crippen molar-refractivity contribution in [2.75, 3.05) is 10.6 Å². The number of benzene rings is 1. The lowest BCUT2D eigenvalue weighted by molar-refractivity contribution is -0.140. The molecule has 3 N–H and O–H groups in total. The number of amides is 2. The molecule has 1 aliphatic carbocycles. The van der Waals surface area contributed by atoms with Crippen molar-refractivity contribution in [2.24, 2.45) is 17.3 Å². The second-order valence-corrected chi connectivity index (χ2v) is 6.39. The SMILES string of the molecule is CC(=O)Nc1ccc(Cl)c(NC(=O)[C@@H]2[C@H](C(=O)O)C2(C)C)c1. The van der Waals surface area contributed by atoms with Crippen LogP contribution < -0.4 is 10.6 Å². The molecule has 22 heavy (non-hydrogen) atoms. The van der Waals surface area contributed by atoms with Gasteiger partial charge >= 0.3 is 5.97 Å². The summed E-state index contributed by atoms with van der Waals surface area (Å²) in [5.41, 5.74) is 0.249. The Morgan fingerprint density at radius 1 is 1.18 bits per heavy atom. The van der Waals surface area contributed by atoms with Gasteiger partial charge in [-0.25, -0.2) is 0 Å². The average molecular weight is 325 g/mol. The maximum Gasteiger partial charge on any atom is 0.307 e. The monoisotopic (exact) mass is 324 g/mol. The van der Waals surface area contributed by atoms with E-state index in [1.165, 1.54) is 13.0 Å². The number of carboxylic acids is 1. The number of rotatable bonds is 4. The molecule has 1 aromatic carbocycles. The van der Waals surface area contributed by atoms with Gasteiger partial charge in [-0.15, -0.1) is 0 Å². The summed E-state index contributed by atoms with van der Waals surface area (Å²) in [7, 11) is 0. The molecule has 0 heterocycles. The summed E-state index contributed by atoms with van der Waals surface area (Å²) in [5, 5.41) is 14.7. The summed E-state index contributed by atoms with van der Waals surface area (Å²) in [4.78, 5) is 34.5. The Balaban J connectivity index is 2.16. The lowest BCUT2D eigenvalue weighted by atomic mass is 10.1. The third-order valence-electron chi connectivity index (χ3n) is 3.92. The first-order chi connectivity index (χ1) is 10.1. The maximum atomic E-state index is 12.3. The first-order valence-corrected chi connectivity index (χ1v) is 7.13. The molecule has 2 atom stereocenters. The van der Waals surface area contributed by atoms with Gasteiger partial charge < -0.3 is 15.7 Å². The van der Waals surface area contributed by atoms with Crippen LogP contribution in [0.3, 0.4) is 0 Å². The van der Waals surface area contributed by atoms with Crippen LogP contribution in [0, 0.1) is 17.3 Å². The fourth-order valence-corrected chi connectivity index (χ4v) is 2.87. The molecular weight excluding hydrogens is 308 g/mol. The molecule has 0 aromatic heterocycles. The van der Waals surface area contributed by atoms with E-state index in [2.05, 4.69) is 10.6 Å². The number of halogens is 1. The summed E-state index contributed by atoms with van der Waals surface area (Å²) >= 11 is 6.03. The van der Waals surface area contributed by atoms with Gasteiger partial charge in [-0.05, 0) is 23.6 Å². The summed E-state index contributed by atoms with van der Waals surface area (Å²) in [6.45, 7) is 4.85. The molecule has 0 bridgehead atoms. The number of nitrogens with one attached hydrogen (secondary N) is 2. The van der Waals surface area contributed by atoms with Crippen molar-refractivity contribution in [1.29, 1.82) is 0 Å². The van der Waals surface area contributed by atoms with E-state index in [1.807, 2.05) is 0 Å². The van der Waals surface area contributed by atoms with Crippen LogP contribution in [-0.4, -0.2) is 22.9 Å². The lowest BCUT2D eigenvalue weighted by Gasteiger charge is -2.10. The summed E-state index contributed by atoms with van der Waals surface area (Å²) in [6.07, 6.45) is 0. The van der Waals surface area contributed by atoms with Crippen LogP contribution in [0.25, 0.3) is 0 Å². The van der Waals surface area contributed by atoms with Crippen molar-refractivity contribution in [3.63, 3.8) is 0 Å². The highest BCUT2D eigenvalue weighted by Gasteiger charge is 2.65. The van der Waals surface area contributed by atoms with E-state index in [1.54, 1.807) is 26.0 Å².